The van der Waals surface area contributed by atoms with Crippen LogP contribution in [0.4, 0.5) is 5.82 Å². The first-order valence-electron chi connectivity index (χ1n) is 6.95. The molecule has 120 valence electrons. The van der Waals surface area contributed by atoms with Crippen LogP contribution in [0, 0.1) is 5.92 Å². The summed E-state index contributed by atoms with van der Waals surface area (Å²) in [5, 5.41) is 16.5. The monoisotopic (exact) mass is 353 g/mol. The number of hydrogen-bond donors (Lipinski definition) is 2. The van der Waals surface area contributed by atoms with Crippen molar-refractivity contribution in [2.24, 2.45) is 5.92 Å². The van der Waals surface area contributed by atoms with Crippen LogP contribution in [-0.4, -0.2) is 26.8 Å². The summed E-state index contributed by atoms with van der Waals surface area (Å²) in [4.78, 5) is 22.8. The van der Waals surface area contributed by atoms with Crippen LogP contribution in [0.15, 0.2) is 30.5 Å². The van der Waals surface area contributed by atoms with Crippen molar-refractivity contribution < 1.29 is 14.7 Å². The lowest BCUT2D eigenvalue weighted by molar-refractivity contribution is -0.137. The molecule has 3 rings (SSSR count). The second-order valence-corrected chi connectivity index (χ2v) is 6.24. The molecule has 8 heteroatoms. The molecule has 1 aliphatic carbocycles. The van der Waals surface area contributed by atoms with Crippen LogP contribution in [-0.2, 0) is 16.1 Å². The largest absolute Gasteiger partial charge is 0.480 e. The van der Waals surface area contributed by atoms with Gasteiger partial charge in [0.15, 0.2) is 5.82 Å². The first-order chi connectivity index (χ1) is 10.9. The van der Waals surface area contributed by atoms with E-state index in [2.05, 4.69) is 10.4 Å². The molecule has 0 radical (unpaired) electrons. The second kappa shape index (κ2) is 6.22. The predicted molar refractivity (Wildman–Crippen MR) is 85.8 cm³/mol. The van der Waals surface area contributed by atoms with Crippen molar-refractivity contribution in [3.63, 3.8) is 0 Å². The number of carbonyl (C=O) groups excluding carboxylic acids is 1. The predicted octanol–water partition coefficient (Wildman–Crippen LogP) is 3.02. The van der Waals surface area contributed by atoms with E-state index in [0.717, 1.165) is 5.56 Å². The SMILES string of the molecule is O=C(O)Cn1ccc(NC(=O)C2CC2c2ccc(Cl)cc2Cl)n1. The molecule has 0 aliphatic heterocycles. The maximum absolute atomic E-state index is 12.2. The molecule has 6 nitrogen and oxygen atoms in total. The molecule has 2 aromatic rings. The zero-order valence-corrected chi connectivity index (χ0v) is 13.4. The van der Waals surface area contributed by atoms with Gasteiger partial charge < -0.3 is 10.4 Å². The molecule has 1 fully saturated rings. The first kappa shape index (κ1) is 15.8. The lowest BCUT2D eigenvalue weighted by Gasteiger charge is -2.04. The third kappa shape index (κ3) is 3.65. The van der Waals surface area contributed by atoms with E-state index in [1.165, 1.54) is 10.9 Å². The molecule has 1 saturated carbocycles. The van der Waals surface area contributed by atoms with Crippen LogP contribution in [0.1, 0.15) is 17.9 Å². The van der Waals surface area contributed by atoms with E-state index < -0.39 is 5.97 Å². The topological polar surface area (TPSA) is 84.2 Å². The number of carboxylic acids is 1. The van der Waals surface area contributed by atoms with E-state index in [-0.39, 0.29) is 24.3 Å². The number of rotatable bonds is 5. The Bertz CT molecular complexity index is 775. The number of amides is 1. The fraction of sp³-hybridized carbons (Fsp3) is 0.267. The summed E-state index contributed by atoms with van der Waals surface area (Å²) in [6.45, 7) is -0.248. The van der Waals surface area contributed by atoms with Gasteiger partial charge in [-0.1, -0.05) is 29.3 Å². The Hall–Kier alpha value is -2.05. The highest BCUT2D eigenvalue weighted by Gasteiger charge is 2.45. The van der Waals surface area contributed by atoms with Crippen LogP contribution in [0.2, 0.25) is 10.0 Å². The summed E-state index contributed by atoms with van der Waals surface area (Å²) in [5.74, 6) is -0.907. The van der Waals surface area contributed by atoms with Gasteiger partial charge >= 0.3 is 5.97 Å². The zero-order valence-electron chi connectivity index (χ0n) is 11.9. The van der Waals surface area contributed by atoms with E-state index in [1.54, 1.807) is 18.2 Å². The highest BCUT2D eigenvalue weighted by Crippen LogP contribution is 2.50. The Morgan fingerprint density at radius 2 is 2.13 bits per heavy atom. The molecule has 2 atom stereocenters. The van der Waals surface area contributed by atoms with Gasteiger partial charge in [0.05, 0.1) is 0 Å². The number of nitrogens with zero attached hydrogens (tertiary/aromatic N) is 2. The normalized spacial score (nSPS) is 19.4. The zero-order chi connectivity index (χ0) is 16.6. The van der Waals surface area contributed by atoms with E-state index >= 15 is 0 Å². The Morgan fingerprint density at radius 3 is 2.83 bits per heavy atom. The second-order valence-electron chi connectivity index (χ2n) is 5.40. The third-order valence-corrected chi connectivity index (χ3v) is 4.24. The first-order valence-corrected chi connectivity index (χ1v) is 7.70. The van der Waals surface area contributed by atoms with Gasteiger partial charge in [-0.3, -0.25) is 14.3 Å². The van der Waals surface area contributed by atoms with Crippen LogP contribution in [0.5, 0.6) is 0 Å². The molecule has 2 N–H and O–H groups in total. The molecular weight excluding hydrogens is 341 g/mol. The van der Waals surface area contributed by atoms with E-state index in [9.17, 15) is 9.59 Å². The summed E-state index contributed by atoms with van der Waals surface area (Å²) in [6.07, 6.45) is 2.22. The molecule has 1 aromatic heterocycles. The maximum Gasteiger partial charge on any atom is 0.325 e. The number of anilines is 1. The lowest BCUT2D eigenvalue weighted by Crippen LogP contribution is -2.16. The standard InChI is InChI=1S/C15H13Cl2N3O3/c16-8-1-2-9(12(17)5-8)10-6-11(10)15(23)18-13-3-4-20(19-13)7-14(21)22/h1-5,10-11H,6-7H2,(H,21,22)(H,18,19,23). The van der Waals surface area contributed by atoms with Crippen LogP contribution < -0.4 is 5.32 Å². The van der Waals surface area contributed by atoms with Crippen molar-refractivity contribution >= 4 is 40.9 Å². The van der Waals surface area contributed by atoms with Crippen LogP contribution in [0.25, 0.3) is 0 Å². The molecule has 23 heavy (non-hydrogen) atoms. The average Bonchev–Trinajstić information content (AvgIpc) is 3.13. The summed E-state index contributed by atoms with van der Waals surface area (Å²) >= 11 is 12.0. The van der Waals surface area contributed by atoms with Gasteiger partial charge in [-0.2, -0.15) is 5.10 Å². The number of benzene rings is 1. The molecule has 0 saturated heterocycles. The lowest BCUT2D eigenvalue weighted by atomic mass is 10.1. The van der Waals surface area contributed by atoms with Crippen LogP contribution in [0.3, 0.4) is 0 Å². The summed E-state index contributed by atoms with van der Waals surface area (Å²) in [5.41, 5.74) is 0.910. The Kier molecular flexibility index (Phi) is 4.28. The minimum atomic E-state index is -0.995. The average molecular weight is 354 g/mol. The molecule has 0 bridgehead atoms. The molecule has 1 aliphatic rings. The summed E-state index contributed by atoms with van der Waals surface area (Å²) in [7, 11) is 0. The fourth-order valence-electron chi connectivity index (χ4n) is 2.50. The number of aliphatic carboxylic acids is 1. The number of nitrogens with one attached hydrogen (secondary N) is 1. The Labute approximate surface area is 142 Å². The fourth-order valence-corrected chi connectivity index (χ4v) is 3.05. The molecule has 2 unspecified atom stereocenters. The Balaban J connectivity index is 1.62. The Morgan fingerprint density at radius 1 is 1.35 bits per heavy atom. The highest BCUT2D eigenvalue weighted by atomic mass is 35.5. The van der Waals surface area contributed by atoms with Crippen molar-refractivity contribution in [1.29, 1.82) is 0 Å². The highest BCUT2D eigenvalue weighted by molar-refractivity contribution is 6.35. The van der Waals surface area contributed by atoms with Gasteiger partial charge in [-0.15, -0.1) is 0 Å². The molecule has 1 heterocycles. The van der Waals surface area contributed by atoms with Gasteiger partial charge in [0, 0.05) is 28.2 Å². The maximum atomic E-state index is 12.2. The van der Waals surface area contributed by atoms with Crippen LogP contribution >= 0.6 is 23.2 Å². The van der Waals surface area contributed by atoms with Gasteiger partial charge in [-0.25, -0.2) is 0 Å². The van der Waals surface area contributed by atoms with Crippen molar-refractivity contribution in [3.8, 4) is 0 Å². The number of halogens is 2. The van der Waals surface area contributed by atoms with Gasteiger partial charge in [-0.05, 0) is 30.0 Å². The molecule has 1 amide bonds. The van der Waals surface area contributed by atoms with E-state index in [4.69, 9.17) is 28.3 Å². The van der Waals surface area contributed by atoms with Crippen molar-refractivity contribution in [1.82, 2.24) is 9.78 Å². The number of carbonyl (C=O) groups is 2. The molecule has 0 spiro atoms. The van der Waals surface area contributed by atoms with Crippen molar-refractivity contribution in [2.75, 3.05) is 5.32 Å². The van der Waals surface area contributed by atoms with E-state index in [1.807, 2.05) is 6.07 Å². The smallest absolute Gasteiger partial charge is 0.325 e. The number of hydrogen-bond acceptors (Lipinski definition) is 3. The number of aromatic nitrogens is 2. The van der Waals surface area contributed by atoms with Gasteiger partial charge in [0.1, 0.15) is 6.54 Å². The van der Waals surface area contributed by atoms with E-state index in [0.29, 0.717) is 22.3 Å². The van der Waals surface area contributed by atoms with Gasteiger partial charge in [0.2, 0.25) is 5.91 Å². The van der Waals surface area contributed by atoms with Gasteiger partial charge in [0.25, 0.3) is 0 Å². The summed E-state index contributed by atoms with van der Waals surface area (Å²) in [6, 6.07) is 6.82. The number of carboxylic acid groups (broad SMARTS) is 1. The minimum absolute atomic E-state index is 0.0703. The van der Waals surface area contributed by atoms with Crippen molar-refractivity contribution in [2.45, 2.75) is 18.9 Å². The molecule has 1 aromatic carbocycles. The third-order valence-electron chi connectivity index (χ3n) is 3.68. The summed E-state index contributed by atoms with van der Waals surface area (Å²) < 4.78 is 1.25. The minimum Gasteiger partial charge on any atom is -0.480 e. The molecular formula is C15H13Cl2N3O3. The van der Waals surface area contributed by atoms with Crippen molar-refractivity contribution in [3.05, 3.63) is 46.1 Å². The quantitative estimate of drug-likeness (QED) is 0.865.